The van der Waals surface area contributed by atoms with Gasteiger partial charge in [-0.1, -0.05) is 56.9 Å². The van der Waals surface area contributed by atoms with Gasteiger partial charge in [0, 0.05) is 18.0 Å². The highest BCUT2D eigenvalue weighted by atomic mass is 19.1. The van der Waals surface area contributed by atoms with Gasteiger partial charge in [-0.2, -0.15) is 0 Å². The van der Waals surface area contributed by atoms with Crippen LogP contribution in [0.1, 0.15) is 50.2 Å². The molecule has 2 nitrogen and oxygen atoms in total. The number of unbranched alkanes of at least 4 members (excludes halogenated alkanes) is 4. The summed E-state index contributed by atoms with van der Waals surface area (Å²) in [6.45, 7) is 1.80. The number of hydrogen-bond donors (Lipinski definition) is 0. The van der Waals surface area contributed by atoms with Crippen molar-refractivity contribution in [2.24, 2.45) is 0 Å². The molecule has 0 N–H and O–H groups in total. The van der Waals surface area contributed by atoms with Crippen molar-refractivity contribution < 1.29 is 4.39 Å². The fourth-order valence-electron chi connectivity index (χ4n) is 2.31. The smallest absolute Gasteiger partial charge is 0.159 e. The number of alkyl halides is 1. The first kappa shape index (κ1) is 15.6. The van der Waals surface area contributed by atoms with E-state index < -0.39 is 6.67 Å². The van der Waals surface area contributed by atoms with Gasteiger partial charge in [0.25, 0.3) is 0 Å². The third-order valence-electron chi connectivity index (χ3n) is 3.64. The molecule has 0 aliphatic rings. The first-order valence-electron chi connectivity index (χ1n) is 7.79. The van der Waals surface area contributed by atoms with E-state index in [0.29, 0.717) is 11.4 Å². The Balaban J connectivity index is 1.88. The molecule has 21 heavy (non-hydrogen) atoms. The van der Waals surface area contributed by atoms with E-state index in [0.717, 1.165) is 12.0 Å². The van der Waals surface area contributed by atoms with Crippen molar-refractivity contribution in [2.45, 2.75) is 52.1 Å². The molecule has 2 aromatic rings. The maximum Gasteiger partial charge on any atom is 0.159 e. The molecule has 0 radical (unpaired) electrons. The predicted molar refractivity (Wildman–Crippen MR) is 84.7 cm³/mol. The van der Waals surface area contributed by atoms with Crippen LogP contribution < -0.4 is 0 Å². The van der Waals surface area contributed by atoms with E-state index in [1.807, 2.05) is 24.5 Å². The molecule has 0 amide bonds. The standard InChI is InChI=1S/C18H23FN2/c1-2-3-4-5-6-7-16-13-20-18(21-14-16)17-10-8-15(12-19)9-11-17/h8-11,13-14H,2-7,12H2,1H3. The van der Waals surface area contributed by atoms with Gasteiger partial charge in [0.05, 0.1) is 0 Å². The minimum atomic E-state index is -0.432. The van der Waals surface area contributed by atoms with Crippen molar-refractivity contribution in [2.75, 3.05) is 0 Å². The fourth-order valence-corrected chi connectivity index (χ4v) is 2.31. The predicted octanol–water partition coefficient (Wildman–Crippen LogP) is 5.13. The normalized spacial score (nSPS) is 10.8. The first-order valence-corrected chi connectivity index (χ1v) is 7.79. The van der Waals surface area contributed by atoms with Gasteiger partial charge in [-0.3, -0.25) is 0 Å². The van der Waals surface area contributed by atoms with E-state index in [4.69, 9.17) is 0 Å². The lowest BCUT2D eigenvalue weighted by molar-refractivity contribution is 0.485. The highest BCUT2D eigenvalue weighted by Gasteiger charge is 2.02. The van der Waals surface area contributed by atoms with E-state index in [-0.39, 0.29) is 0 Å². The van der Waals surface area contributed by atoms with Crippen LogP contribution in [0.2, 0.25) is 0 Å². The Hall–Kier alpha value is -1.77. The van der Waals surface area contributed by atoms with Gasteiger partial charge in [0.1, 0.15) is 6.67 Å². The van der Waals surface area contributed by atoms with Gasteiger partial charge in [0.2, 0.25) is 0 Å². The van der Waals surface area contributed by atoms with E-state index in [1.165, 1.54) is 37.7 Å². The van der Waals surface area contributed by atoms with E-state index in [2.05, 4.69) is 16.9 Å². The van der Waals surface area contributed by atoms with Crippen LogP contribution in [0, 0.1) is 0 Å². The lowest BCUT2D eigenvalue weighted by Gasteiger charge is -2.04. The molecule has 1 aromatic carbocycles. The third kappa shape index (κ3) is 4.92. The molecule has 0 saturated carbocycles. The van der Waals surface area contributed by atoms with Crippen LogP contribution in [0.4, 0.5) is 4.39 Å². The van der Waals surface area contributed by atoms with Crippen molar-refractivity contribution in [3.63, 3.8) is 0 Å². The van der Waals surface area contributed by atoms with Crippen molar-refractivity contribution in [3.05, 3.63) is 47.8 Å². The Bertz CT molecular complexity index is 520. The van der Waals surface area contributed by atoms with Crippen LogP contribution in [0.3, 0.4) is 0 Å². The molecule has 1 aromatic heterocycles. The van der Waals surface area contributed by atoms with E-state index in [1.54, 1.807) is 12.1 Å². The van der Waals surface area contributed by atoms with Gasteiger partial charge in [-0.15, -0.1) is 0 Å². The van der Waals surface area contributed by atoms with Gasteiger partial charge in [0.15, 0.2) is 5.82 Å². The molecule has 0 bridgehead atoms. The summed E-state index contributed by atoms with van der Waals surface area (Å²) in [4.78, 5) is 8.83. The second-order valence-corrected chi connectivity index (χ2v) is 5.41. The molecule has 1 heterocycles. The maximum absolute atomic E-state index is 12.5. The van der Waals surface area contributed by atoms with Crippen LogP contribution in [0.15, 0.2) is 36.7 Å². The average Bonchev–Trinajstić information content (AvgIpc) is 2.55. The van der Waals surface area contributed by atoms with Crippen LogP contribution in [0.25, 0.3) is 11.4 Å². The highest BCUT2D eigenvalue weighted by Crippen LogP contribution is 2.16. The summed E-state index contributed by atoms with van der Waals surface area (Å²) < 4.78 is 12.5. The van der Waals surface area contributed by atoms with Gasteiger partial charge >= 0.3 is 0 Å². The first-order chi connectivity index (χ1) is 10.3. The van der Waals surface area contributed by atoms with E-state index >= 15 is 0 Å². The number of rotatable bonds is 8. The van der Waals surface area contributed by atoms with Crippen LogP contribution >= 0.6 is 0 Å². The van der Waals surface area contributed by atoms with Gasteiger partial charge in [-0.25, -0.2) is 14.4 Å². The number of aryl methyl sites for hydroxylation is 1. The molecule has 0 aliphatic heterocycles. The number of benzene rings is 1. The van der Waals surface area contributed by atoms with Crippen molar-refractivity contribution in [3.8, 4) is 11.4 Å². The quantitative estimate of drug-likeness (QED) is 0.629. The maximum atomic E-state index is 12.5. The molecule has 112 valence electrons. The number of aromatic nitrogens is 2. The molecule has 2 rings (SSSR count). The Morgan fingerprint density at radius 1 is 0.857 bits per heavy atom. The Kier molecular flexibility index (Phi) is 6.32. The summed E-state index contributed by atoms with van der Waals surface area (Å²) >= 11 is 0. The topological polar surface area (TPSA) is 25.8 Å². The third-order valence-corrected chi connectivity index (χ3v) is 3.64. The zero-order valence-corrected chi connectivity index (χ0v) is 12.7. The summed E-state index contributed by atoms with van der Waals surface area (Å²) in [6.07, 6.45) is 11.3. The monoisotopic (exact) mass is 286 g/mol. The van der Waals surface area contributed by atoms with Crippen molar-refractivity contribution in [1.82, 2.24) is 9.97 Å². The summed E-state index contributed by atoms with van der Waals surface area (Å²) in [5, 5.41) is 0. The molecule has 0 aliphatic carbocycles. The molecule has 0 fully saturated rings. The minimum Gasteiger partial charge on any atom is -0.246 e. The Labute approximate surface area is 126 Å². The lowest BCUT2D eigenvalue weighted by Crippen LogP contribution is -1.93. The zero-order valence-electron chi connectivity index (χ0n) is 12.7. The van der Waals surface area contributed by atoms with Crippen molar-refractivity contribution in [1.29, 1.82) is 0 Å². The fraction of sp³-hybridized carbons (Fsp3) is 0.444. The van der Waals surface area contributed by atoms with E-state index in [9.17, 15) is 4.39 Å². The van der Waals surface area contributed by atoms with Crippen LogP contribution in [-0.2, 0) is 13.1 Å². The summed E-state index contributed by atoms with van der Waals surface area (Å²) in [5.74, 6) is 0.704. The molecule has 0 saturated heterocycles. The molecular weight excluding hydrogens is 263 g/mol. The average molecular weight is 286 g/mol. The van der Waals surface area contributed by atoms with Gasteiger partial charge in [-0.05, 0) is 24.0 Å². The number of hydrogen-bond acceptors (Lipinski definition) is 2. The highest BCUT2D eigenvalue weighted by molar-refractivity contribution is 5.54. The molecule has 3 heteroatoms. The second-order valence-electron chi connectivity index (χ2n) is 5.41. The SMILES string of the molecule is CCCCCCCc1cnc(-c2ccc(CF)cc2)nc1. The van der Waals surface area contributed by atoms with Crippen molar-refractivity contribution >= 4 is 0 Å². The summed E-state index contributed by atoms with van der Waals surface area (Å²) in [5.41, 5.74) is 2.81. The zero-order chi connectivity index (χ0) is 14.9. The molecule has 0 spiro atoms. The molecule has 0 unspecified atom stereocenters. The number of nitrogens with zero attached hydrogens (tertiary/aromatic N) is 2. The Morgan fingerprint density at radius 2 is 1.52 bits per heavy atom. The summed E-state index contributed by atoms with van der Waals surface area (Å²) in [6, 6.07) is 7.30. The molecule has 0 atom stereocenters. The molecular formula is C18H23FN2. The largest absolute Gasteiger partial charge is 0.246 e. The Morgan fingerprint density at radius 3 is 2.14 bits per heavy atom. The number of halogens is 1. The minimum absolute atomic E-state index is 0.432. The van der Waals surface area contributed by atoms with Gasteiger partial charge < -0.3 is 0 Å². The second kappa shape index (κ2) is 8.50. The lowest BCUT2D eigenvalue weighted by atomic mass is 10.1. The van der Waals surface area contributed by atoms with Crippen LogP contribution in [-0.4, -0.2) is 9.97 Å². The summed E-state index contributed by atoms with van der Waals surface area (Å²) in [7, 11) is 0. The van der Waals surface area contributed by atoms with Crippen LogP contribution in [0.5, 0.6) is 0 Å².